The Morgan fingerprint density at radius 3 is 2.61 bits per heavy atom. The molecule has 0 radical (unpaired) electrons. The fourth-order valence-corrected chi connectivity index (χ4v) is 3.04. The van der Waals surface area contributed by atoms with Gasteiger partial charge in [0.2, 0.25) is 0 Å². The van der Waals surface area contributed by atoms with Crippen molar-refractivity contribution in [3.63, 3.8) is 0 Å². The summed E-state index contributed by atoms with van der Waals surface area (Å²) in [4.78, 5) is 25.1. The van der Waals surface area contributed by atoms with Gasteiger partial charge >= 0.3 is 0 Å². The summed E-state index contributed by atoms with van der Waals surface area (Å²) in [6, 6.07) is 9.77. The number of hydrogen-bond donors (Lipinski definition) is 2. The summed E-state index contributed by atoms with van der Waals surface area (Å²) in [6.45, 7) is 3.60. The molecular formula is C21H17ClN6O3. The average Bonchev–Trinajstić information content (AvgIpc) is 3.10. The number of carbonyl (C=O) groups is 1. The zero-order valence-corrected chi connectivity index (χ0v) is 17.3. The lowest BCUT2D eigenvalue weighted by Crippen LogP contribution is -2.13. The van der Waals surface area contributed by atoms with Crippen LogP contribution in [0.25, 0.3) is 11.3 Å². The van der Waals surface area contributed by atoms with Crippen LogP contribution in [0.2, 0.25) is 5.02 Å². The van der Waals surface area contributed by atoms with Gasteiger partial charge in [-0.15, -0.1) is 0 Å². The van der Waals surface area contributed by atoms with E-state index >= 15 is 0 Å². The first-order chi connectivity index (χ1) is 14.9. The van der Waals surface area contributed by atoms with Gasteiger partial charge in [-0.3, -0.25) is 4.79 Å². The molecule has 0 fully saturated rings. The molecule has 1 amide bonds. The minimum atomic E-state index is -0.355. The monoisotopic (exact) mass is 436 g/mol. The first-order valence-electron chi connectivity index (χ1n) is 9.18. The summed E-state index contributed by atoms with van der Waals surface area (Å²) in [5.74, 6) is 1.24. The normalized spacial score (nSPS) is 10.7. The SMILES string of the molecule is Cc1noc(C)c1-c1cnc(N)c(Oc2ccc(C(=O)Nc3ncccc3Cl)cc2)n1. The van der Waals surface area contributed by atoms with Crippen molar-refractivity contribution in [2.24, 2.45) is 0 Å². The Morgan fingerprint density at radius 2 is 1.94 bits per heavy atom. The Balaban J connectivity index is 1.52. The topological polar surface area (TPSA) is 129 Å². The number of benzene rings is 1. The number of ether oxygens (including phenoxy) is 1. The quantitative estimate of drug-likeness (QED) is 0.470. The summed E-state index contributed by atoms with van der Waals surface area (Å²) in [5.41, 5.74) is 8.28. The highest BCUT2D eigenvalue weighted by atomic mass is 35.5. The van der Waals surface area contributed by atoms with E-state index in [1.165, 1.54) is 6.20 Å². The number of nitrogens with two attached hydrogens (primary N) is 1. The van der Waals surface area contributed by atoms with Crippen LogP contribution in [0.3, 0.4) is 0 Å². The summed E-state index contributed by atoms with van der Waals surface area (Å²) >= 11 is 6.02. The van der Waals surface area contributed by atoms with E-state index < -0.39 is 0 Å². The number of amides is 1. The molecule has 0 aliphatic rings. The molecule has 3 heterocycles. The van der Waals surface area contributed by atoms with E-state index in [0.717, 1.165) is 5.56 Å². The molecule has 0 unspecified atom stereocenters. The maximum atomic E-state index is 12.4. The number of nitrogens with one attached hydrogen (secondary N) is 1. The second-order valence-corrected chi connectivity index (χ2v) is 6.97. The van der Waals surface area contributed by atoms with Crippen LogP contribution in [0.1, 0.15) is 21.8 Å². The van der Waals surface area contributed by atoms with Gasteiger partial charge in [0.1, 0.15) is 11.5 Å². The minimum absolute atomic E-state index is 0.127. The molecule has 0 atom stereocenters. The highest BCUT2D eigenvalue weighted by molar-refractivity contribution is 6.33. The molecule has 3 aromatic heterocycles. The van der Waals surface area contributed by atoms with Gasteiger partial charge in [0, 0.05) is 11.8 Å². The van der Waals surface area contributed by atoms with E-state index in [-0.39, 0.29) is 23.4 Å². The second-order valence-electron chi connectivity index (χ2n) is 6.56. The van der Waals surface area contributed by atoms with Gasteiger partial charge in [0.25, 0.3) is 11.8 Å². The lowest BCUT2D eigenvalue weighted by Gasteiger charge is -2.10. The van der Waals surface area contributed by atoms with Crippen molar-refractivity contribution in [1.29, 1.82) is 0 Å². The molecular weight excluding hydrogens is 420 g/mol. The van der Waals surface area contributed by atoms with Crippen LogP contribution in [0.5, 0.6) is 11.6 Å². The van der Waals surface area contributed by atoms with Crippen molar-refractivity contribution < 1.29 is 14.1 Å². The molecule has 156 valence electrons. The Hall–Kier alpha value is -3.98. The lowest BCUT2D eigenvalue weighted by molar-refractivity contribution is 0.102. The van der Waals surface area contributed by atoms with Crippen LogP contribution < -0.4 is 15.8 Å². The number of aromatic nitrogens is 4. The van der Waals surface area contributed by atoms with Gasteiger partial charge in [-0.1, -0.05) is 16.8 Å². The van der Waals surface area contributed by atoms with Crippen molar-refractivity contribution >= 4 is 29.1 Å². The number of carbonyl (C=O) groups excluding carboxylic acids is 1. The van der Waals surface area contributed by atoms with Crippen LogP contribution in [-0.2, 0) is 0 Å². The summed E-state index contributed by atoms with van der Waals surface area (Å²) in [5, 5.41) is 6.93. The summed E-state index contributed by atoms with van der Waals surface area (Å²) in [7, 11) is 0. The minimum Gasteiger partial charge on any atom is -0.436 e. The van der Waals surface area contributed by atoms with E-state index in [1.54, 1.807) is 49.5 Å². The van der Waals surface area contributed by atoms with Gasteiger partial charge in [-0.25, -0.2) is 15.0 Å². The zero-order valence-electron chi connectivity index (χ0n) is 16.6. The van der Waals surface area contributed by atoms with E-state index in [2.05, 4.69) is 25.4 Å². The molecule has 3 N–H and O–H groups in total. The van der Waals surface area contributed by atoms with Crippen LogP contribution in [0.15, 0.2) is 53.3 Å². The molecule has 4 rings (SSSR count). The largest absolute Gasteiger partial charge is 0.436 e. The van der Waals surface area contributed by atoms with Gasteiger partial charge < -0.3 is 20.3 Å². The van der Waals surface area contributed by atoms with Gasteiger partial charge in [0.15, 0.2) is 11.6 Å². The molecule has 9 nitrogen and oxygen atoms in total. The van der Waals surface area contributed by atoms with Gasteiger partial charge in [-0.05, 0) is 50.2 Å². The molecule has 0 aliphatic carbocycles. The van der Waals surface area contributed by atoms with E-state index in [1.807, 2.05) is 6.92 Å². The third-order valence-corrected chi connectivity index (χ3v) is 4.68. The molecule has 4 aromatic rings. The van der Waals surface area contributed by atoms with Crippen LogP contribution in [0, 0.1) is 13.8 Å². The van der Waals surface area contributed by atoms with Gasteiger partial charge in [0.05, 0.1) is 28.2 Å². The second kappa shape index (κ2) is 8.41. The standard InChI is InChI=1S/C21H17ClN6O3/c1-11-17(12(2)31-28-11)16-10-25-18(23)21(26-16)30-14-7-5-13(6-8-14)20(29)27-19-15(22)4-3-9-24-19/h3-10H,1-2H3,(H2,23,25)(H,24,27,29). The third-order valence-electron chi connectivity index (χ3n) is 4.38. The highest BCUT2D eigenvalue weighted by Crippen LogP contribution is 2.30. The van der Waals surface area contributed by atoms with E-state index in [0.29, 0.717) is 33.5 Å². The van der Waals surface area contributed by atoms with Crippen LogP contribution >= 0.6 is 11.6 Å². The predicted octanol–water partition coefficient (Wildman–Crippen LogP) is 4.42. The van der Waals surface area contributed by atoms with E-state index in [4.69, 9.17) is 26.6 Å². The third kappa shape index (κ3) is 4.31. The molecule has 10 heteroatoms. The average molecular weight is 437 g/mol. The Labute approximate surface area is 182 Å². The highest BCUT2D eigenvalue weighted by Gasteiger charge is 2.16. The number of halogens is 1. The molecule has 0 spiro atoms. The number of nitrogens with zero attached hydrogens (tertiary/aromatic N) is 4. The number of anilines is 2. The number of rotatable bonds is 5. The molecule has 1 aromatic carbocycles. The van der Waals surface area contributed by atoms with Crippen LogP contribution in [-0.4, -0.2) is 26.0 Å². The summed E-state index contributed by atoms with van der Waals surface area (Å²) < 4.78 is 11.0. The smallest absolute Gasteiger partial charge is 0.263 e. The van der Waals surface area contributed by atoms with Crippen molar-refractivity contribution in [2.45, 2.75) is 13.8 Å². The number of pyridine rings is 1. The Kier molecular flexibility index (Phi) is 5.50. The Morgan fingerprint density at radius 1 is 1.16 bits per heavy atom. The first-order valence-corrected chi connectivity index (χ1v) is 9.55. The molecule has 0 aliphatic heterocycles. The first kappa shape index (κ1) is 20.3. The van der Waals surface area contributed by atoms with Gasteiger partial charge in [-0.2, -0.15) is 0 Å². The predicted molar refractivity (Wildman–Crippen MR) is 115 cm³/mol. The fourth-order valence-electron chi connectivity index (χ4n) is 2.87. The molecule has 0 saturated heterocycles. The summed E-state index contributed by atoms with van der Waals surface area (Å²) in [6.07, 6.45) is 3.07. The van der Waals surface area contributed by atoms with Crippen molar-refractivity contribution in [3.8, 4) is 22.9 Å². The van der Waals surface area contributed by atoms with Crippen LogP contribution in [0.4, 0.5) is 11.6 Å². The number of aryl methyl sites for hydroxylation is 2. The number of nitrogen functional groups attached to an aromatic ring is 1. The lowest BCUT2D eigenvalue weighted by atomic mass is 10.1. The van der Waals surface area contributed by atoms with Crippen molar-refractivity contribution in [3.05, 3.63) is 70.8 Å². The molecule has 0 bridgehead atoms. The van der Waals surface area contributed by atoms with Crippen molar-refractivity contribution in [1.82, 2.24) is 20.1 Å². The molecule has 31 heavy (non-hydrogen) atoms. The number of hydrogen-bond acceptors (Lipinski definition) is 8. The molecule has 0 saturated carbocycles. The maximum absolute atomic E-state index is 12.4. The fraction of sp³-hybridized carbons (Fsp3) is 0.0952. The van der Waals surface area contributed by atoms with Crippen molar-refractivity contribution in [2.75, 3.05) is 11.1 Å². The zero-order chi connectivity index (χ0) is 22.0. The maximum Gasteiger partial charge on any atom is 0.263 e. The Bertz CT molecular complexity index is 1240. The van der Waals surface area contributed by atoms with E-state index in [9.17, 15) is 4.79 Å².